The molecule has 3 rings (SSSR count). The molecule has 0 bridgehead atoms. The van der Waals surface area contributed by atoms with Crippen LogP contribution in [0, 0.1) is 5.92 Å². The molecule has 32 heavy (non-hydrogen) atoms. The van der Waals surface area contributed by atoms with E-state index >= 15 is 0 Å². The highest BCUT2D eigenvalue weighted by atomic mass is 32.2. The van der Waals surface area contributed by atoms with Crippen LogP contribution in [0.15, 0.2) is 59.5 Å². The minimum atomic E-state index is -4.04. The Bertz CT molecular complexity index is 1010. The number of carbonyl (C=O) groups is 2. The van der Waals surface area contributed by atoms with Gasteiger partial charge in [-0.1, -0.05) is 18.2 Å². The Kier molecular flexibility index (Phi) is 8.20. The van der Waals surface area contributed by atoms with Gasteiger partial charge >= 0.3 is 5.97 Å². The SMILES string of the molecule is O=C(NCC(NS(=O)(=O)c1ccccc1)C(=O)O)c1ccc(OCCCC2CNC2)cc1. The lowest BCUT2D eigenvalue weighted by Crippen LogP contribution is -2.48. The van der Waals surface area contributed by atoms with E-state index in [0.717, 1.165) is 31.8 Å². The van der Waals surface area contributed by atoms with Crippen LogP contribution in [0.25, 0.3) is 0 Å². The average Bonchev–Trinajstić information content (AvgIpc) is 2.76. The van der Waals surface area contributed by atoms with Crippen LogP contribution in [-0.2, 0) is 14.8 Å². The fourth-order valence-electron chi connectivity index (χ4n) is 3.15. The molecule has 1 aliphatic rings. The van der Waals surface area contributed by atoms with E-state index in [1.807, 2.05) is 0 Å². The molecule has 4 N–H and O–H groups in total. The molecule has 2 aromatic carbocycles. The quantitative estimate of drug-likeness (QED) is 0.349. The lowest BCUT2D eigenvalue weighted by molar-refractivity contribution is -0.138. The number of carboxylic acid groups (broad SMARTS) is 1. The van der Waals surface area contributed by atoms with Crippen molar-refractivity contribution in [2.45, 2.75) is 23.8 Å². The van der Waals surface area contributed by atoms with Gasteiger partial charge in [0.2, 0.25) is 10.0 Å². The zero-order valence-corrected chi connectivity index (χ0v) is 18.3. The van der Waals surface area contributed by atoms with Crippen LogP contribution in [0.5, 0.6) is 5.75 Å². The van der Waals surface area contributed by atoms with Crippen molar-refractivity contribution in [2.75, 3.05) is 26.2 Å². The molecule has 1 unspecified atom stereocenters. The lowest BCUT2D eigenvalue weighted by Gasteiger charge is -2.26. The molecule has 10 heteroatoms. The van der Waals surface area contributed by atoms with Gasteiger partial charge in [0.25, 0.3) is 5.91 Å². The number of nitrogens with one attached hydrogen (secondary N) is 3. The second kappa shape index (κ2) is 11.1. The van der Waals surface area contributed by atoms with E-state index in [1.54, 1.807) is 30.3 Å². The molecular formula is C22H27N3O6S. The van der Waals surface area contributed by atoms with Crippen LogP contribution in [0.2, 0.25) is 0 Å². The molecule has 0 aromatic heterocycles. The molecule has 0 saturated carbocycles. The van der Waals surface area contributed by atoms with Gasteiger partial charge in [-0.3, -0.25) is 9.59 Å². The molecule has 0 radical (unpaired) electrons. The zero-order chi connectivity index (χ0) is 23.0. The summed E-state index contributed by atoms with van der Waals surface area (Å²) in [7, 11) is -4.04. The van der Waals surface area contributed by atoms with Crippen LogP contribution >= 0.6 is 0 Å². The molecular weight excluding hydrogens is 434 g/mol. The first-order valence-electron chi connectivity index (χ1n) is 10.4. The van der Waals surface area contributed by atoms with Crippen molar-refractivity contribution in [1.29, 1.82) is 0 Å². The molecule has 0 aliphatic carbocycles. The second-order valence-corrected chi connectivity index (χ2v) is 9.29. The van der Waals surface area contributed by atoms with Crippen molar-refractivity contribution >= 4 is 21.9 Å². The summed E-state index contributed by atoms with van der Waals surface area (Å²) in [6.07, 6.45) is 2.08. The first kappa shape index (κ1) is 23.7. The van der Waals surface area contributed by atoms with Gasteiger partial charge in [0.15, 0.2) is 0 Å². The molecule has 1 heterocycles. The number of carbonyl (C=O) groups excluding carboxylic acids is 1. The Morgan fingerprint density at radius 2 is 1.78 bits per heavy atom. The molecule has 2 aromatic rings. The number of carboxylic acids is 1. The lowest BCUT2D eigenvalue weighted by atomic mass is 9.98. The third-order valence-electron chi connectivity index (χ3n) is 5.12. The minimum absolute atomic E-state index is 0.0579. The van der Waals surface area contributed by atoms with Gasteiger partial charge in [-0.2, -0.15) is 4.72 Å². The predicted molar refractivity (Wildman–Crippen MR) is 118 cm³/mol. The highest BCUT2D eigenvalue weighted by molar-refractivity contribution is 7.89. The summed E-state index contributed by atoms with van der Waals surface area (Å²) < 4.78 is 32.5. The van der Waals surface area contributed by atoms with E-state index in [4.69, 9.17) is 4.74 Å². The molecule has 9 nitrogen and oxygen atoms in total. The number of hydrogen-bond donors (Lipinski definition) is 4. The number of rotatable bonds is 12. The number of aliphatic carboxylic acids is 1. The summed E-state index contributed by atoms with van der Waals surface area (Å²) in [6.45, 7) is 2.33. The van der Waals surface area contributed by atoms with Crippen LogP contribution in [0.4, 0.5) is 0 Å². The highest BCUT2D eigenvalue weighted by Gasteiger charge is 2.26. The van der Waals surface area contributed by atoms with E-state index < -0.39 is 34.5 Å². The van der Waals surface area contributed by atoms with E-state index in [2.05, 4.69) is 15.4 Å². The maximum Gasteiger partial charge on any atom is 0.323 e. The summed E-state index contributed by atoms with van der Waals surface area (Å²) in [4.78, 5) is 23.8. The van der Waals surface area contributed by atoms with Crippen molar-refractivity contribution in [3.05, 3.63) is 60.2 Å². The van der Waals surface area contributed by atoms with E-state index in [0.29, 0.717) is 17.9 Å². The van der Waals surface area contributed by atoms with Crippen molar-refractivity contribution < 1.29 is 27.9 Å². The Labute approximate surface area is 187 Å². The fourth-order valence-corrected chi connectivity index (χ4v) is 4.36. The van der Waals surface area contributed by atoms with Crippen molar-refractivity contribution in [3.63, 3.8) is 0 Å². The molecule has 0 spiro atoms. The van der Waals surface area contributed by atoms with E-state index in [9.17, 15) is 23.1 Å². The summed E-state index contributed by atoms with van der Waals surface area (Å²) in [6, 6.07) is 12.4. The third kappa shape index (κ3) is 6.78. The number of sulfonamides is 1. The average molecular weight is 462 g/mol. The van der Waals surface area contributed by atoms with Gasteiger partial charge < -0.3 is 20.5 Å². The normalized spacial score (nSPS) is 14.9. The van der Waals surface area contributed by atoms with Crippen LogP contribution in [0.3, 0.4) is 0 Å². The van der Waals surface area contributed by atoms with Gasteiger partial charge in [-0.05, 0) is 68.2 Å². The first-order chi connectivity index (χ1) is 15.3. The maximum atomic E-state index is 12.4. The number of ether oxygens (including phenoxy) is 1. The summed E-state index contributed by atoms with van der Waals surface area (Å²) >= 11 is 0. The fraction of sp³-hybridized carbons (Fsp3) is 0.364. The minimum Gasteiger partial charge on any atom is -0.494 e. The van der Waals surface area contributed by atoms with Crippen LogP contribution in [0.1, 0.15) is 23.2 Å². The highest BCUT2D eigenvalue weighted by Crippen LogP contribution is 2.15. The smallest absolute Gasteiger partial charge is 0.323 e. The molecule has 1 amide bonds. The first-order valence-corrected chi connectivity index (χ1v) is 11.9. The number of hydrogen-bond acceptors (Lipinski definition) is 6. The Balaban J connectivity index is 1.48. The van der Waals surface area contributed by atoms with Gasteiger partial charge in [0.05, 0.1) is 11.5 Å². The van der Waals surface area contributed by atoms with Crippen molar-refractivity contribution in [3.8, 4) is 5.75 Å². The topological polar surface area (TPSA) is 134 Å². The van der Waals surface area contributed by atoms with E-state index in [-0.39, 0.29) is 4.90 Å². The predicted octanol–water partition coefficient (Wildman–Crippen LogP) is 1.23. The summed E-state index contributed by atoms with van der Waals surface area (Å²) in [5, 5.41) is 15.1. The standard InChI is InChI=1S/C22H27N3O6S/c26-21(17-8-10-18(11-9-17)31-12-4-5-16-13-23-14-16)24-15-20(22(27)28)25-32(29,30)19-6-2-1-3-7-19/h1-3,6-11,16,20,23,25H,4-5,12-15H2,(H,24,26)(H,27,28). The molecule has 1 aliphatic heterocycles. The zero-order valence-electron chi connectivity index (χ0n) is 17.5. The van der Waals surface area contributed by atoms with Gasteiger partial charge in [-0.25, -0.2) is 8.42 Å². The van der Waals surface area contributed by atoms with Crippen molar-refractivity contribution in [2.24, 2.45) is 5.92 Å². The van der Waals surface area contributed by atoms with Crippen molar-refractivity contribution in [1.82, 2.24) is 15.4 Å². The molecule has 172 valence electrons. The second-order valence-electron chi connectivity index (χ2n) is 7.57. The van der Waals surface area contributed by atoms with Crippen LogP contribution < -0.4 is 20.1 Å². The Hall–Kier alpha value is -2.95. The van der Waals surface area contributed by atoms with Gasteiger partial charge in [-0.15, -0.1) is 0 Å². The Morgan fingerprint density at radius 3 is 2.38 bits per heavy atom. The van der Waals surface area contributed by atoms with Crippen LogP contribution in [-0.4, -0.2) is 57.7 Å². The largest absolute Gasteiger partial charge is 0.494 e. The van der Waals surface area contributed by atoms with Gasteiger partial charge in [0, 0.05) is 12.1 Å². The van der Waals surface area contributed by atoms with E-state index in [1.165, 1.54) is 24.3 Å². The Morgan fingerprint density at radius 1 is 1.09 bits per heavy atom. The number of benzene rings is 2. The summed E-state index contributed by atoms with van der Waals surface area (Å²) in [5.74, 6) is -0.533. The van der Waals surface area contributed by atoms with Gasteiger partial charge in [0.1, 0.15) is 11.8 Å². The molecule has 1 atom stereocenters. The molecule has 1 fully saturated rings. The molecule has 1 saturated heterocycles. The third-order valence-corrected chi connectivity index (χ3v) is 6.61. The summed E-state index contributed by atoms with van der Waals surface area (Å²) in [5.41, 5.74) is 0.313. The number of amides is 1. The maximum absolute atomic E-state index is 12.4. The monoisotopic (exact) mass is 461 g/mol.